The summed E-state index contributed by atoms with van der Waals surface area (Å²) < 4.78 is 0. The van der Waals surface area contributed by atoms with E-state index in [0.29, 0.717) is 0 Å². The number of amides is 1. The second-order valence-corrected chi connectivity index (χ2v) is 4.79. The molecule has 0 atom stereocenters. The van der Waals surface area contributed by atoms with Crippen LogP contribution in [0.25, 0.3) is 0 Å². The van der Waals surface area contributed by atoms with Gasteiger partial charge in [0.25, 0.3) is 11.6 Å². The number of nitrogens with one attached hydrogen (secondary N) is 1. The Kier molecular flexibility index (Phi) is 4.56. The Morgan fingerprint density at radius 2 is 1.90 bits per heavy atom. The van der Waals surface area contributed by atoms with Crippen LogP contribution in [-0.4, -0.2) is 20.8 Å². The first-order valence-corrected chi connectivity index (χ1v) is 6.45. The summed E-state index contributed by atoms with van der Waals surface area (Å²) in [7, 11) is 0. The molecule has 10 heteroatoms. The Morgan fingerprint density at radius 1 is 1.19 bits per heavy atom. The number of hydrogen-bond donors (Lipinski definition) is 1. The zero-order valence-electron chi connectivity index (χ0n) is 10.0. The highest BCUT2D eigenvalue weighted by Crippen LogP contribution is 2.30. The predicted molar refractivity (Wildman–Crippen MR) is 78.1 cm³/mol. The van der Waals surface area contributed by atoms with Gasteiger partial charge >= 0.3 is 0 Å². The zero-order chi connectivity index (χ0) is 15.6. The van der Waals surface area contributed by atoms with Gasteiger partial charge in [-0.2, -0.15) is 0 Å². The van der Waals surface area contributed by atoms with Crippen molar-refractivity contribution >= 4 is 52.2 Å². The van der Waals surface area contributed by atoms with Crippen LogP contribution < -0.4 is 5.32 Å². The van der Waals surface area contributed by atoms with Gasteiger partial charge in [0.15, 0.2) is 11.0 Å². The zero-order valence-corrected chi connectivity index (χ0v) is 12.3. The minimum absolute atomic E-state index is 0.0239. The first-order chi connectivity index (χ1) is 9.91. The van der Waals surface area contributed by atoms with Gasteiger partial charge in [0.1, 0.15) is 16.4 Å². The lowest BCUT2D eigenvalue weighted by molar-refractivity contribution is -0.384. The van der Waals surface area contributed by atoms with Gasteiger partial charge in [-0.1, -0.05) is 40.9 Å². The number of carbonyl (C=O) groups is 1. The number of nitro benzene ring substituents is 1. The molecule has 1 N–H and O–H groups in total. The van der Waals surface area contributed by atoms with E-state index in [9.17, 15) is 14.9 Å². The van der Waals surface area contributed by atoms with E-state index < -0.39 is 10.8 Å². The summed E-state index contributed by atoms with van der Waals surface area (Å²) in [6, 6.07) is 3.86. The van der Waals surface area contributed by atoms with Crippen molar-refractivity contribution in [2.45, 2.75) is 0 Å². The molecule has 1 aromatic carbocycles. The van der Waals surface area contributed by atoms with Crippen LogP contribution in [0.2, 0.25) is 15.2 Å². The first-order valence-electron chi connectivity index (χ1n) is 5.32. The number of nitrogens with zero attached hydrogens (tertiary/aromatic N) is 3. The van der Waals surface area contributed by atoms with E-state index in [0.717, 1.165) is 6.33 Å². The van der Waals surface area contributed by atoms with Crippen LogP contribution >= 0.6 is 34.8 Å². The van der Waals surface area contributed by atoms with Crippen molar-refractivity contribution < 1.29 is 9.72 Å². The fraction of sp³-hybridized carbons (Fsp3) is 0. The second kappa shape index (κ2) is 6.21. The minimum Gasteiger partial charge on any atom is -0.305 e. The van der Waals surface area contributed by atoms with Gasteiger partial charge < -0.3 is 5.32 Å². The highest BCUT2D eigenvalue weighted by Gasteiger charge is 2.21. The van der Waals surface area contributed by atoms with Crippen molar-refractivity contribution in [1.82, 2.24) is 9.97 Å². The minimum atomic E-state index is -0.708. The molecule has 1 heterocycles. The first kappa shape index (κ1) is 15.4. The molecule has 0 aliphatic rings. The monoisotopic (exact) mass is 346 g/mol. The summed E-state index contributed by atoms with van der Waals surface area (Å²) in [6.07, 6.45) is 1.11. The highest BCUT2D eigenvalue weighted by atomic mass is 35.5. The van der Waals surface area contributed by atoms with Gasteiger partial charge in [0, 0.05) is 6.07 Å². The maximum atomic E-state index is 12.1. The summed E-state index contributed by atoms with van der Waals surface area (Å²) in [5.41, 5.74) is -0.465. The predicted octanol–water partition coefficient (Wildman–Crippen LogP) is 3.60. The quantitative estimate of drug-likeness (QED) is 0.519. The molecule has 1 aromatic heterocycles. The molecule has 0 unspecified atom stereocenters. The van der Waals surface area contributed by atoms with Gasteiger partial charge in [0.05, 0.1) is 10.5 Å². The van der Waals surface area contributed by atoms with Crippen molar-refractivity contribution in [2.24, 2.45) is 0 Å². The molecule has 1 amide bonds. The molecule has 0 radical (unpaired) electrons. The SMILES string of the molecule is O=C(Nc1ncnc(Cl)c1Cl)c1cccc([N+](=O)[O-])c1Cl. The molecule has 0 fully saturated rings. The molecule has 108 valence electrons. The maximum Gasteiger partial charge on any atom is 0.288 e. The molecule has 0 aliphatic carbocycles. The van der Waals surface area contributed by atoms with Crippen molar-refractivity contribution in [2.75, 3.05) is 5.32 Å². The standard InChI is InChI=1S/C11H5Cl3N4O3/c12-7-5(2-1-3-6(7)18(20)21)11(19)17-10-8(13)9(14)15-4-16-10/h1-4H,(H,15,16,17,19). The van der Waals surface area contributed by atoms with E-state index in [1.807, 2.05) is 0 Å². The highest BCUT2D eigenvalue weighted by molar-refractivity contribution is 6.43. The van der Waals surface area contributed by atoms with Crippen molar-refractivity contribution in [1.29, 1.82) is 0 Å². The van der Waals surface area contributed by atoms with Crippen LogP contribution in [0.3, 0.4) is 0 Å². The Balaban J connectivity index is 2.35. The molecular weight excluding hydrogens is 343 g/mol. The van der Waals surface area contributed by atoms with Gasteiger partial charge in [-0.15, -0.1) is 0 Å². The van der Waals surface area contributed by atoms with E-state index in [1.165, 1.54) is 18.2 Å². The van der Waals surface area contributed by atoms with Crippen LogP contribution in [0.4, 0.5) is 11.5 Å². The molecule has 7 nitrogen and oxygen atoms in total. The van der Waals surface area contributed by atoms with Crippen LogP contribution in [0.15, 0.2) is 24.5 Å². The maximum absolute atomic E-state index is 12.1. The Labute approximate surface area is 133 Å². The Bertz CT molecular complexity index is 739. The number of nitro groups is 1. The third-order valence-corrected chi connectivity index (χ3v) is 3.54. The summed E-state index contributed by atoms with van der Waals surface area (Å²) in [5.74, 6) is -0.732. The lowest BCUT2D eigenvalue weighted by atomic mass is 10.2. The van der Waals surface area contributed by atoms with Crippen LogP contribution in [0.1, 0.15) is 10.4 Å². The van der Waals surface area contributed by atoms with Crippen molar-refractivity contribution in [3.05, 3.63) is 55.4 Å². The number of anilines is 1. The average molecular weight is 348 g/mol. The molecule has 0 saturated carbocycles. The van der Waals surface area contributed by atoms with Gasteiger partial charge in [0.2, 0.25) is 0 Å². The van der Waals surface area contributed by atoms with E-state index in [2.05, 4.69) is 15.3 Å². The topological polar surface area (TPSA) is 98.0 Å². The number of rotatable bonds is 3. The summed E-state index contributed by atoms with van der Waals surface area (Å²) in [5, 5.41) is 12.8. The number of halogens is 3. The van der Waals surface area contributed by atoms with E-state index >= 15 is 0 Å². The van der Waals surface area contributed by atoms with Crippen LogP contribution in [0.5, 0.6) is 0 Å². The molecule has 0 aliphatic heterocycles. The lowest BCUT2D eigenvalue weighted by Crippen LogP contribution is -2.14. The van der Waals surface area contributed by atoms with Crippen molar-refractivity contribution in [3.8, 4) is 0 Å². The average Bonchev–Trinajstić information content (AvgIpc) is 2.43. The van der Waals surface area contributed by atoms with E-state index in [-0.39, 0.29) is 32.3 Å². The molecule has 2 rings (SSSR count). The van der Waals surface area contributed by atoms with Crippen LogP contribution in [0, 0.1) is 10.1 Å². The van der Waals surface area contributed by atoms with Crippen molar-refractivity contribution in [3.63, 3.8) is 0 Å². The lowest BCUT2D eigenvalue weighted by Gasteiger charge is -2.07. The third-order valence-electron chi connectivity index (χ3n) is 2.40. The molecule has 0 spiro atoms. The molecule has 0 saturated heterocycles. The number of carbonyl (C=O) groups excluding carboxylic acids is 1. The number of benzene rings is 1. The summed E-state index contributed by atoms with van der Waals surface area (Å²) in [6.45, 7) is 0. The van der Waals surface area contributed by atoms with Gasteiger partial charge in [-0.25, -0.2) is 9.97 Å². The smallest absolute Gasteiger partial charge is 0.288 e. The summed E-state index contributed by atoms with van der Waals surface area (Å²) >= 11 is 17.4. The Hall–Kier alpha value is -1.96. The fourth-order valence-electron chi connectivity index (χ4n) is 1.45. The molecule has 2 aromatic rings. The van der Waals surface area contributed by atoms with Gasteiger partial charge in [-0.3, -0.25) is 14.9 Å². The van der Waals surface area contributed by atoms with Gasteiger partial charge in [-0.05, 0) is 6.07 Å². The Morgan fingerprint density at radius 3 is 2.57 bits per heavy atom. The number of aromatic nitrogens is 2. The van der Waals surface area contributed by atoms with E-state index in [1.54, 1.807) is 0 Å². The van der Waals surface area contributed by atoms with Crippen LogP contribution in [-0.2, 0) is 0 Å². The second-order valence-electron chi connectivity index (χ2n) is 3.68. The largest absolute Gasteiger partial charge is 0.305 e. The molecule has 21 heavy (non-hydrogen) atoms. The molecular formula is C11H5Cl3N4O3. The molecule has 0 bridgehead atoms. The fourth-order valence-corrected chi connectivity index (χ4v) is 2.01. The normalized spacial score (nSPS) is 10.2. The summed E-state index contributed by atoms with van der Waals surface area (Å²) in [4.78, 5) is 29.6. The van der Waals surface area contributed by atoms with E-state index in [4.69, 9.17) is 34.8 Å². The third kappa shape index (κ3) is 3.21. The number of hydrogen-bond acceptors (Lipinski definition) is 5.